The lowest BCUT2D eigenvalue weighted by molar-refractivity contribution is 0.112. The maximum Gasteiger partial charge on any atom is 0.183 e. The Morgan fingerprint density at radius 2 is 2.42 bits per heavy atom. The zero-order valence-corrected chi connectivity index (χ0v) is 6.67. The molecule has 5 heteroatoms. The molecule has 0 spiro atoms. The van der Waals surface area contributed by atoms with Crippen molar-refractivity contribution in [3.05, 3.63) is 23.0 Å². The summed E-state index contributed by atoms with van der Waals surface area (Å²) in [7, 11) is 0. The van der Waals surface area contributed by atoms with Gasteiger partial charge in [0, 0.05) is 6.20 Å². The normalized spacial score (nSPS) is 10.4. The maximum absolute atomic E-state index is 10.5. The summed E-state index contributed by atoms with van der Waals surface area (Å²) >= 11 is 5.82. The van der Waals surface area contributed by atoms with Gasteiger partial charge in [0.05, 0.1) is 10.4 Å². The first-order chi connectivity index (χ1) is 5.83. The molecule has 0 saturated heterocycles. The molecule has 0 aliphatic heterocycles. The van der Waals surface area contributed by atoms with Crippen LogP contribution >= 0.6 is 11.6 Å². The van der Waals surface area contributed by atoms with Crippen LogP contribution < -0.4 is 0 Å². The number of nitrogens with one attached hydrogen (secondary N) is 1. The van der Waals surface area contributed by atoms with E-state index in [-0.39, 0.29) is 0 Å². The minimum Gasteiger partial charge on any atom is -0.296 e. The molecule has 0 unspecified atom stereocenters. The molecule has 1 N–H and O–H groups in total. The maximum atomic E-state index is 10.5. The minimum absolute atomic E-state index is 0.364. The molecule has 4 nitrogen and oxygen atoms in total. The molecule has 2 aromatic heterocycles. The highest BCUT2D eigenvalue weighted by atomic mass is 35.5. The number of aldehydes is 1. The van der Waals surface area contributed by atoms with E-state index < -0.39 is 0 Å². The Labute approximate surface area is 72.6 Å². The monoisotopic (exact) mass is 181 g/mol. The highest BCUT2D eigenvalue weighted by Gasteiger charge is 2.07. The summed E-state index contributed by atoms with van der Waals surface area (Å²) in [4.78, 5) is 14.4. The third kappa shape index (κ3) is 0.887. The topological polar surface area (TPSA) is 58.6 Å². The number of pyridine rings is 1. The summed E-state index contributed by atoms with van der Waals surface area (Å²) in [5.74, 6) is 0. The third-order valence-corrected chi connectivity index (χ3v) is 1.86. The second-order valence-electron chi connectivity index (χ2n) is 2.25. The van der Waals surface area contributed by atoms with Crippen molar-refractivity contribution in [2.24, 2.45) is 0 Å². The average Bonchev–Trinajstić information content (AvgIpc) is 2.49. The highest BCUT2D eigenvalue weighted by molar-refractivity contribution is 6.36. The number of nitrogens with zero attached hydrogens (tertiary/aromatic N) is 2. The highest BCUT2D eigenvalue weighted by Crippen LogP contribution is 2.21. The Morgan fingerprint density at radius 3 is 3.17 bits per heavy atom. The van der Waals surface area contributed by atoms with Crippen LogP contribution in [0.5, 0.6) is 0 Å². The van der Waals surface area contributed by atoms with Crippen LogP contribution in [0, 0.1) is 0 Å². The number of hydrogen-bond donors (Lipinski definition) is 1. The van der Waals surface area contributed by atoms with Crippen LogP contribution in [0.3, 0.4) is 0 Å². The molecule has 0 aliphatic rings. The van der Waals surface area contributed by atoms with Crippen molar-refractivity contribution in [2.45, 2.75) is 0 Å². The van der Waals surface area contributed by atoms with E-state index in [1.807, 2.05) is 0 Å². The predicted octanol–water partition coefficient (Wildman–Crippen LogP) is 1.42. The van der Waals surface area contributed by atoms with Crippen LogP contribution in [0.1, 0.15) is 10.5 Å². The smallest absolute Gasteiger partial charge is 0.183 e. The summed E-state index contributed by atoms with van der Waals surface area (Å²) in [5, 5.41) is 7.40. The number of hydrogen-bond acceptors (Lipinski definition) is 3. The van der Waals surface area contributed by atoms with Crippen molar-refractivity contribution < 1.29 is 4.79 Å². The van der Waals surface area contributed by atoms with E-state index in [0.717, 1.165) is 0 Å². The van der Waals surface area contributed by atoms with Gasteiger partial charge < -0.3 is 0 Å². The van der Waals surface area contributed by atoms with E-state index in [0.29, 0.717) is 28.0 Å². The van der Waals surface area contributed by atoms with Crippen LogP contribution in [0.15, 0.2) is 12.3 Å². The summed E-state index contributed by atoms with van der Waals surface area (Å²) in [6.45, 7) is 0. The molecule has 60 valence electrons. The Bertz CT molecular complexity index is 437. The fourth-order valence-corrected chi connectivity index (χ4v) is 1.26. The van der Waals surface area contributed by atoms with Crippen LogP contribution in [0.2, 0.25) is 5.02 Å². The number of aromatic amines is 1. The van der Waals surface area contributed by atoms with Crippen LogP contribution in [-0.4, -0.2) is 21.5 Å². The van der Waals surface area contributed by atoms with Gasteiger partial charge >= 0.3 is 0 Å². The van der Waals surface area contributed by atoms with Gasteiger partial charge in [0.25, 0.3) is 0 Å². The zero-order chi connectivity index (χ0) is 8.55. The van der Waals surface area contributed by atoms with Gasteiger partial charge in [-0.2, -0.15) is 5.10 Å². The lowest BCUT2D eigenvalue weighted by atomic mass is 10.3. The van der Waals surface area contributed by atoms with Gasteiger partial charge in [-0.3, -0.25) is 9.89 Å². The summed E-state index contributed by atoms with van der Waals surface area (Å²) in [6, 6.07) is 1.62. The summed E-state index contributed by atoms with van der Waals surface area (Å²) in [5.41, 5.74) is 0.827. The fourth-order valence-electron chi connectivity index (χ4n) is 1.02. The molecule has 0 saturated carbocycles. The van der Waals surface area contributed by atoms with E-state index in [9.17, 15) is 4.79 Å². The van der Waals surface area contributed by atoms with E-state index in [1.165, 1.54) is 0 Å². The molecule has 2 aromatic rings. The lowest BCUT2D eigenvalue weighted by Crippen LogP contribution is -1.80. The van der Waals surface area contributed by atoms with Crippen molar-refractivity contribution in [1.29, 1.82) is 0 Å². The van der Waals surface area contributed by atoms with Gasteiger partial charge in [0.1, 0.15) is 5.69 Å². The second-order valence-corrected chi connectivity index (χ2v) is 2.65. The SMILES string of the molecule is O=Cc1[nH]nc2nccc(Cl)c12. The molecule has 0 fully saturated rings. The first-order valence-electron chi connectivity index (χ1n) is 3.26. The Balaban J connectivity index is 2.91. The second kappa shape index (κ2) is 2.57. The molecule has 0 amide bonds. The van der Waals surface area contributed by atoms with Crippen LogP contribution in [-0.2, 0) is 0 Å². The van der Waals surface area contributed by atoms with Gasteiger partial charge in [-0.05, 0) is 6.07 Å². The van der Waals surface area contributed by atoms with Gasteiger partial charge in [0.2, 0.25) is 0 Å². The number of aromatic nitrogens is 3. The van der Waals surface area contributed by atoms with Crippen molar-refractivity contribution in [2.75, 3.05) is 0 Å². The van der Waals surface area contributed by atoms with E-state index >= 15 is 0 Å². The van der Waals surface area contributed by atoms with E-state index in [4.69, 9.17) is 11.6 Å². The van der Waals surface area contributed by atoms with E-state index in [2.05, 4.69) is 15.2 Å². The van der Waals surface area contributed by atoms with E-state index in [1.54, 1.807) is 12.3 Å². The van der Waals surface area contributed by atoms with Crippen LogP contribution in [0.25, 0.3) is 11.0 Å². The quantitative estimate of drug-likeness (QED) is 0.677. The molecule has 0 aliphatic carbocycles. The van der Waals surface area contributed by atoms with Crippen molar-refractivity contribution >= 4 is 28.9 Å². The zero-order valence-electron chi connectivity index (χ0n) is 5.91. The van der Waals surface area contributed by atoms with Crippen molar-refractivity contribution in [3.63, 3.8) is 0 Å². The number of rotatable bonds is 1. The number of halogens is 1. The number of carbonyl (C=O) groups is 1. The molecule has 0 radical (unpaired) electrons. The third-order valence-electron chi connectivity index (χ3n) is 1.55. The first-order valence-corrected chi connectivity index (χ1v) is 3.64. The van der Waals surface area contributed by atoms with Crippen molar-refractivity contribution in [1.82, 2.24) is 15.2 Å². The van der Waals surface area contributed by atoms with Gasteiger partial charge in [0.15, 0.2) is 11.9 Å². The fraction of sp³-hybridized carbons (Fsp3) is 0. The van der Waals surface area contributed by atoms with Gasteiger partial charge in [-0.1, -0.05) is 11.6 Å². The number of carbonyl (C=O) groups excluding carboxylic acids is 1. The van der Waals surface area contributed by atoms with Gasteiger partial charge in [-0.25, -0.2) is 4.98 Å². The molecular weight excluding hydrogens is 178 g/mol. The summed E-state index contributed by atoms with van der Waals surface area (Å²) < 4.78 is 0. The lowest BCUT2D eigenvalue weighted by Gasteiger charge is -1.89. The molecule has 0 atom stereocenters. The largest absolute Gasteiger partial charge is 0.296 e. The average molecular weight is 182 g/mol. The minimum atomic E-state index is 0.364. The molecule has 0 aromatic carbocycles. The number of H-pyrrole nitrogens is 1. The van der Waals surface area contributed by atoms with Gasteiger partial charge in [-0.15, -0.1) is 0 Å². The molecule has 0 bridgehead atoms. The Kier molecular flexibility index (Phi) is 1.55. The summed E-state index contributed by atoms with van der Waals surface area (Å²) in [6.07, 6.45) is 2.21. The van der Waals surface area contributed by atoms with Crippen LogP contribution in [0.4, 0.5) is 0 Å². The predicted molar refractivity (Wildman–Crippen MR) is 44.3 cm³/mol. The van der Waals surface area contributed by atoms with Crippen molar-refractivity contribution in [3.8, 4) is 0 Å². The Morgan fingerprint density at radius 1 is 1.58 bits per heavy atom. The first kappa shape index (κ1) is 7.24. The molecular formula is C7H4ClN3O. The standard InChI is InChI=1S/C7H4ClN3O/c8-4-1-2-9-7-6(4)5(3-12)10-11-7/h1-3H,(H,9,10,11). The molecule has 12 heavy (non-hydrogen) atoms. The Hall–Kier alpha value is -1.42. The number of fused-ring (bicyclic) bond motifs is 1. The molecule has 2 rings (SSSR count). The molecule has 2 heterocycles.